The summed E-state index contributed by atoms with van der Waals surface area (Å²) in [4.78, 5) is 2.92. The van der Waals surface area contributed by atoms with E-state index in [9.17, 15) is 0 Å². The van der Waals surface area contributed by atoms with Crippen molar-refractivity contribution in [1.29, 1.82) is 0 Å². The second kappa shape index (κ2) is 5.61. The van der Waals surface area contributed by atoms with Gasteiger partial charge in [0, 0.05) is 24.2 Å². The molecule has 0 amide bonds. The van der Waals surface area contributed by atoms with Crippen LogP contribution in [-0.4, -0.2) is 29.1 Å². The maximum Gasteiger partial charge on any atom is 0.0116 e. The Hall–Kier alpha value is -0.0800. The minimum atomic E-state index is 0.483. The van der Waals surface area contributed by atoms with Crippen LogP contribution < -0.4 is 5.73 Å². The smallest absolute Gasteiger partial charge is 0.0116 e. The maximum atomic E-state index is 6.23. The third-order valence-corrected chi connectivity index (χ3v) is 6.41. The number of piperidine rings is 1. The van der Waals surface area contributed by atoms with Crippen LogP contribution in [0, 0.1) is 11.3 Å². The Labute approximate surface area is 125 Å². The summed E-state index contributed by atoms with van der Waals surface area (Å²) in [5, 5.41) is 0. The molecule has 2 aliphatic heterocycles. The molecule has 4 unspecified atom stereocenters. The molecule has 3 fully saturated rings. The molecule has 1 aliphatic carbocycles. The molecule has 2 heterocycles. The summed E-state index contributed by atoms with van der Waals surface area (Å²) >= 11 is 0. The molecular formula is C18H34N2. The van der Waals surface area contributed by atoms with Gasteiger partial charge in [-0.15, -0.1) is 0 Å². The van der Waals surface area contributed by atoms with E-state index in [0.29, 0.717) is 11.5 Å². The van der Waals surface area contributed by atoms with Gasteiger partial charge in [0.15, 0.2) is 0 Å². The fourth-order valence-corrected chi connectivity index (χ4v) is 5.30. The SMILES string of the molecule is CC(C)(C)C1CCCC(N2C3CCC2CC(N)C3)CC1. The number of rotatable bonds is 1. The lowest BCUT2D eigenvalue weighted by molar-refractivity contribution is 0.0675. The first-order valence-corrected chi connectivity index (χ1v) is 8.98. The summed E-state index contributed by atoms with van der Waals surface area (Å²) in [7, 11) is 0. The largest absolute Gasteiger partial charge is 0.328 e. The molecule has 0 aromatic carbocycles. The summed E-state index contributed by atoms with van der Waals surface area (Å²) in [6.07, 6.45) is 12.5. The monoisotopic (exact) mass is 278 g/mol. The van der Waals surface area contributed by atoms with E-state index in [2.05, 4.69) is 25.7 Å². The fraction of sp³-hybridized carbons (Fsp3) is 1.00. The van der Waals surface area contributed by atoms with Crippen LogP contribution in [0.2, 0.25) is 0 Å². The topological polar surface area (TPSA) is 29.3 Å². The number of fused-ring (bicyclic) bond motifs is 2. The Bertz CT molecular complexity index is 319. The Morgan fingerprint density at radius 2 is 1.40 bits per heavy atom. The van der Waals surface area contributed by atoms with Gasteiger partial charge < -0.3 is 5.73 Å². The van der Waals surface area contributed by atoms with Crippen molar-refractivity contribution in [3.05, 3.63) is 0 Å². The van der Waals surface area contributed by atoms with Gasteiger partial charge in [-0.3, -0.25) is 4.90 Å². The predicted octanol–water partition coefficient (Wildman–Crippen LogP) is 3.94. The van der Waals surface area contributed by atoms with E-state index in [-0.39, 0.29) is 0 Å². The van der Waals surface area contributed by atoms with Crippen molar-refractivity contribution < 1.29 is 0 Å². The van der Waals surface area contributed by atoms with Crippen LogP contribution in [0.25, 0.3) is 0 Å². The highest BCUT2D eigenvalue weighted by molar-refractivity contribution is 5.00. The normalized spacial score (nSPS) is 43.5. The molecule has 2 N–H and O–H groups in total. The number of hydrogen-bond acceptors (Lipinski definition) is 2. The van der Waals surface area contributed by atoms with E-state index in [1.54, 1.807) is 0 Å². The highest BCUT2D eigenvalue weighted by Crippen LogP contribution is 2.42. The quantitative estimate of drug-likeness (QED) is 0.736. The highest BCUT2D eigenvalue weighted by atomic mass is 15.2. The molecule has 4 atom stereocenters. The van der Waals surface area contributed by atoms with E-state index < -0.39 is 0 Å². The molecule has 0 spiro atoms. The Morgan fingerprint density at radius 3 is 2.00 bits per heavy atom. The number of nitrogens with two attached hydrogens (primary N) is 1. The molecule has 0 radical (unpaired) electrons. The van der Waals surface area contributed by atoms with E-state index in [4.69, 9.17) is 5.73 Å². The molecule has 0 aromatic heterocycles. The van der Waals surface area contributed by atoms with Crippen LogP contribution in [0.3, 0.4) is 0 Å². The summed E-state index contributed by atoms with van der Waals surface area (Å²) < 4.78 is 0. The lowest BCUT2D eigenvalue weighted by Crippen LogP contribution is -2.51. The van der Waals surface area contributed by atoms with Crippen LogP contribution in [0.4, 0.5) is 0 Å². The molecule has 20 heavy (non-hydrogen) atoms. The van der Waals surface area contributed by atoms with E-state index in [0.717, 1.165) is 24.0 Å². The van der Waals surface area contributed by atoms with Gasteiger partial charge in [0.25, 0.3) is 0 Å². The lowest BCUT2D eigenvalue weighted by atomic mass is 9.76. The van der Waals surface area contributed by atoms with Gasteiger partial charge in [-0.05, 0) is 62.7 Å². The van der Waals surface area contributed by atoms with Crippen molar-refractivity contribution in [3.8, 4) is 0 Å². The zero-order chi connectivity index (χ0) is 14.3. The summed E-state index contributed by atoms with van der Waals surface area (Å²) in [5.41, 5.74) is 6.73. The maximum absolute atomic E-state index is 6.23. The van der Waals surface area contributed by atoms with Crippen molar-refractivity contribution in [3.63, 3.8) is 0 Å². The van der Waals surface area contributed by atoms with Crippen LogP contribution in [0.15, 0.2) is 0 Å². The Kier molecular flexibility index (Phi) is 4.16. The van der Waals surface area contributed by atoms with Crippen molar-refractivity contribution in [2.45, 2.75) is 103 Å². The zero-order valence-electron chi connectivity index (χ0n) is 13.8. The average molecular weight is 278 g/mol. The number of hydrogen-bond donors (Lipinski definition) is 1. The van der Waals surface area contributed by atoms with E-state index in [1.807, 2.05) is 0 Å². The first-order chi connectivity index (χ1) is 9.45. The van der Waals surface area contributed by atoms with Gasteiger partial charge in [0.2, 0.25) is 0 Å². The van der Waals surface area contributed by atoms with Crippen LogP contribution in [0.5, 0.6) is 0 Å². The van der Waals surface area contributed by atoms with Gasteiger partial charge in [-0.2, -0.15) is 0 Å². The molecule has 2 nitrogen and oxygen atoms in total. The summed E-state index contributed by atoms with van der Waals surface area (Å²) in [6.45, 7) is 7.30. The minimum absolute atomic E-state index is 0.483. The second-order valence-electron chi connectivity index (χ2n) is 8.79. The van der Waals surface area contributed by atoms with Gasteiger partial charge in [0.1, 0.15) is 0 Å². The molecule has 1 saturated carbocycles. The predicted molar refractivity (Wildman–Crippen MR) is 85.7 cm³/mol. The third kappa shape index (κ3) is 2.92. The van der Waals surface area contributed by atoms with Gasteiger partial charge in [-0.25, -0.2) is 0 Å². The first kappa shape index (κ1) is 14.8. The Morgan fingerprint density at radius 1 is 0.800 bits per heavy atom. The minimum Gasteiger partial charge on any atom is -0.328 e. The molecule has 2 heteroatoms. The molecule has 2 saturated heterocycles. The third-order valence-electron chi connectivity index (χ3n) is 6.41. The summed E-state index contributed by atoms with van der Waals surface area (Å²) in [5.74, 6) is 0.928. The van der Waals surface area contributed by atoms with Crippen molar-refractivity contribution >= 4 is 0 Å². The van der Waals surface area contributed by atoms with Crippen molar-refractivity contribution in [1.82, 2.24) is 4.90 Å². The fourth-order valence-electron chi connectivity index (χ4n) is 5.30. The first-order valence-electron chi connectivity index (χ1n) is 8.98. The van der Waals surface area contributed by atoms with Gasteiger partial charge in [-0.1, -0.05) is 27.2 Å². The van der Waals surface area contributed by atoms with Gasteiger partial charge in [0.05, 0.1) is 0 Å². The van der Waals surface area contributed by atoms with Crippen molar-refractivity contribution in [2.75, 3.05) is 0 Å². The molecule has 116 valence electrons. The summed E-state index contributed by atoms with van der Waals surface area (Å²) in [6, 6.07) is 2.99. The van der Waals surface area contributed by atoms with Crippen LogP contribution in [-0.2, 0) is 0 Å². The molecule has 3 rings (SSSR count). The number of nitrogens with zero attached hydrogens (tertiary/aromatic N) is 1. The molecule has 2 bridgehead atoms. The van der Waals surface area contributed by atoms with Crippen molar-refractivity contribution in [2.24, 2.45) is 17.1 Å². The highest BCUT2D eigenvalue weighted by Gasteiger charge is 2.43. The van der Waals surface area contributed by atoms with Crippen LogP contribution in [0.1, 0.15) is 78.6 Å². The van der Waals surface area contributed by atoms with E-state index in [1.165, 1.54) is 57.8 Å². The lowest BCUT2D eigenvalue weighted by Gasteiger charge is -2.43. The average Bonchev–Trinajstić information content (AvgIpc) is 2.57. The molecular weight excluding hydrogens is 244 g/mol. The van der Waals surface area contributed by atoms with E-state index >= 15 is 0 Å². The molecule has 0 aromatic rings. The molecule has 3 aliphatic rings. The Balaban J connectivity index is 1.64. The van der Waals surface area contributed by atoms with Crippen LogP contribution >= 0.6 is 0 Å². The second-order valence-corrected chi connectivity index (χ2v) is 8.79. The van der Waals surface area contributed by atoms with Gasteiger partial charge >= 0.3 is 0 Å². The standard InChI is InChI=1S/C18H34N2/c1-18(2,3)13-5-4-6-15(8-7-13)20-16-9-10-17(20)12-14(19)11-16/h13-17H,4-12,19H2,1-3H3. The zero-order valence-corrected chi connectivity index (χ0v) is 13.8.